The molecule has 6 rings (SSSR count). The van der Waals surface area contributed by atoms with E-state index in [1.807, 2.05) is 91.0 Å². The van der Waals surface area contributed by atoms with Gasteiger partial charge < -0.3 is 14.2 Å². The molecule has 3 heterocycles. The molecule has 0 atom stereocenters. The van der Waals surface area contributed by atoms with Crippen LogP contribution in [0.5, 0.6) is 0 Å². The zero-order chi connectivity index (χ0) is 25.9. The first kappa shape index (κ1) is 37.3. The van der Waals surface area contributed by atoms with Crippen molar-refractivity contribution in [2.45, 2.75) is 38.5 Å². The predicted molar refractivity (Wildman–Crippen MR) is 156 cm³/mol. The van der Waals surface area contributed by atoms with Crippen molar-refractivity contribution in [3.63, 3.8) is 0 Å². The maximum atomic E-state index is 4.94. The Morgan fingerprint density at radius 3 is 0.622 bits per heavy atom. The first-order chi connectivity index (χ1) is 17.7. The standard InChI is InChI=1S/3C6H6Se.3C4H8O.Er/c3*7-6-4-2-1-3-5-6;3*1-2-4-5-3-1;/h3*1-5,7H;3*1-4H2;/q;;;;;;+3/p-3. The van der Waals surface area contributed by atoms with Gasteiger partial charge in [-0.1, -0.05) is 0 Å². The van der Waals surface area contributed by atoms with Crippen molar-refractivity contribution in [2.75, 3.05) is 39.6 Å². The molecule has 0 saturated carbocycles. The van der Waals surface area contributed by atoms with Crippen molar-refractivity contribution in [1.82, 2.24) is 0 Å². The van der Waals surface area contributed by atoms with Crippen LogP contribution in [-0.4, -0.2) is 87.7 Å². The van der Waals surface area contributed by atoms with Crippen molar-refractivity contribution in [2.24, 2.45) is 0 Å². The summed E-state index contributed by atoms with van der Waals surface area (Å²) in [5, 5.41) is 0. The molecule has 3 aliphatic heterocycles. The Morgan fingerprint density at radius 2 is 0.541 bits per heavy atom. The molecule has 0 aliphatic carbocycles. The van der Waals surface area contributed by atoms with Gasteiger partial charge in [0.25, 0.3) is 0 Å². The Kier molecular flexibility index (Phi) is 29.6. The van der Waals surface area contributed by atoms with Crippen LogP contribution in [0.4, 0.5) is 0 Å². The molecule has 37 heavy (non-hydrogen) atoms. The van der Waals surface area contributed by atoms with E-state index in [2.05, 4.69) is 48.0 Å². The summed E-state index contributed by atoms with van der Waals surface area (Å²) in [7, 11) is 0. The van der Waals surface area contributed by atoms with Crippen LogP contribution in [0.15, 0.2) is 91.0 Å². The first-order valence-corrected chi connectivity index (χ1v) is 15.1. The molecule has 0 unspecified atom stereocenters. The number of hydrogen-bond acceptors (Lipinski definition) is 3. The molecule has 207 valence electrons. The van der Waals surface area contributed by atoms with Crippen molar-refractivity contribution < 1.29 is 51.5 Å². The second kappa shape index (κ2) is 29.3. The molecule has 3 nitrogen and oxygen atoms in total. The molecule has 3 aromatic rings. The average molecular weight is 852 g/mol. The third-order valence-electron chi connectivity index (χ3n) is 4.71. The average Bonchev–Trinajstić information content (AvgIpc) is 3.73. The van der Waals surface area contributed by atoms with Crippen LogP contribution in [0.25, 0.3) is 0 Å². The van der Waals surface area contributed by atoms with Gasteiger partial charge in [-0.25, -0.2) is 0 Å². The van der Waals surface area contributed by atoms with Gasteiger partial charge in [0, 0.05) is 39.6 Å². The van der Waals surface area contributed by atoms with Gasteiger partial charge in [0.15, 0.2) is 0 Å². The van der Waals surface area contributed by atoms with Gasteiger partial charge in [-0.05, 0) is 38.5 Å². The van der Waals surface area contributed by atoms with Crippen LogP contribution in [0.2, 0.25) is 0 Å². The maximum absolute atomic E-state index is 4.94. The summed E-state index contributed by atoms with van der Waals surface area (Å²) in [6.45, 7) is 6.00. The van der Waals surface area contributed by atoms with Crippen LogP contribution in [-0.2, 0) is 14.2 Å². The molecule has 3 fully saturated rings. The molecule has 0 bridgehead atoms. The quantitative estimate of drug-likeness (QED) is 0.323. The number of rotatable bonds is 0. The van der Waals surface area contributed by atoms with E-state index in [9.17, 15) is 0 Å². The van der Waals surface area contributed by atoms with Crippen molar-refractivity contribution in [1.29, 1.82) is 0 Å². The molecular weight excluding hydrogens is 812 g/mol. The van der Waals surface area contributed by atoms with Crippen LogP contribution < -0.4 is 13.4 Å². The second-order valence-corrected chi connectivity index (χ2v) is 10.9. The monoisotopic (exact) mass is 853 g/mol. The molecular formula is C30H39ErO3Se3. The van der Waals surface area contributed by atoms with E-state index in [1.165, 1.54) is 51.9 Å². The van der Waals surface area contributed by atoms with E-state index < -0.39 is 0 Å². The fourth-order valence-electron chi connectivity index (χ4n) is 2.79. The zero-order valence-corrected chi connectivity index (χ0v) is 28.4. The van der Waals surface area contributed by atoms with Gasteiger partial charge in [0.05, 0.1) is 0 Å². The summed E-state index contributed by atoms with van der Waals surface area (Å²) in [6, 6.07) is 30.2. The fourth-order valence-corrected chi connectivity index (χ4v) is 3.78. The fraction of sp³-hybridized carbons (Fsp3) is 0.400. The Bertz CT molecular complexity index is 679. The van der Waals surface area contributed by atoms with Crippen LogP contribution in [0.3, 0.4) is 0 Å². The van der Waals surface area contributed by atoms with E-state index in [1.54, 1.807) is 0 Å². The Labute approximate surface area is 279 Å². The SMILES string of the molecule is C1CCOC1.C1CCOC1.C1CCOC1.[Er+3].[Se-]c1ccccc1.[Se-]c1ccccc1.[Se-]c1ccccc1. The zero-order valence-electron chi connectivity index (χ0n) is 21.4. The van der Waals surface area contributed by atoms with Gasteiger partial charge in [0.2, 0.25) is 0 Å². The molecule has 0 aromatic heterocycles. The first-order valence-electron chi connectivity index (χ1n) is 12.6. The summed E-state index contributed by atoms with van der Waals surface area (Å²) < 4.78 is 18.4. The molecule has 0 spiro atoms. The van der Waals surface area contributed by atoms with Crippen LogP contribution in [0, 0.1) is 37.3 Å². The van der Waals surface area contributed by atoms with Crippen molar-refractivity contribution in [3.8, 4) is 0 Å². The number of ether oxygens (including phenoxy) is 3. The molecule has 3 saturated heterocycles. The Balaban J connectivity index is 0.000000421. The number of hydrogen-bond donors (Lipinski definition) is 0. The van der Waals surface area contributed by atoms with Gasteiger partial charge in [0.1, 0.15) is 0 Å². The van der Waals surface area contributed by atoms with Gasteiger partial charge in [-0.15, -0.1) is 0 Å². The summed E-state index contributed by atoms with van der Waals surface area (Å²) >= 11 is 8.71. The normalized spacial score (nSPS) is 14.6. The van der Waals surface area contributed by atoms with Crippen molar-refractivity contribution in [3.05, 3.63) is 91.0 Å². The summed E-state index contributed by atoms with van der Waals surface area (Å²) in [5.41, 5.74) is 0. The van der Waals surface area contributed by atoms with Crippen LogP contribution in [0.1, 0.15) is 38.5 Å². The molecule has 3 aliphatic rings. The molecule has 7 heteroatoms. The Hall–Kier alpha value is 0.345. The van der Waals surface area contributed by atoms with Gasteiger partial charge in [-0.2, -0.15) is 0 Å². The predicted octanol–water partition coefficient (Wildman–Crippen LogP) is 3.83. The summed E-state index contributed by atoms with van der Waals surface area (Å²) in [5.74, 6) is 0. The summed E-state index contributed by atoms with van der Waals surface area (Å²) in [4.78, 5) is 0. The molecule has 1 radical (unpaired) electrons. The van der Waals surface area contributed by atoms with Gasteiger partial charge >= 0.3 is 190 Å². The van der Waals surface area contributed by atoms with Crippen LogP contribution >= 0.6 is 0 Å². The molecule has 0 N–H and O–H groups in total. The molecule has 0 amide bonds. The van der Waals surface area contributed by atoms with E-state index in [4.69, 9.17) is 14.2 Å². The second-order valence-electron chi connectivity index (χ2n) is 7.90. The van der Waals surface area contributed by atoms with E-state index in [0.717, 1.165) is 39.6 Å². The third kappa shape index (κ3) is 27.7. The van der Waals surface area contributed by atoms with Crippen molar-refractivity contribution >= 4 is 61.4 Å². The van der Waals surface area contributed by atoms with E-state index in [-0.39, 0.29) is 37.3 Å². The topological polar surface area (TPSA) is 27.7 Å². The van der Waals surface area contributed by atoms with Gasteiger partial charge in [-0.3, -0.25) is 0 Å². The summed E-state index contributed by atoms with van der Waals surface area (Å²) in [6.07, 6.45) is 7.67. The third-order valence-corrected chi connectivity index (χ3v) is 6.42. The van der Waals surface area contributed by atoms with E-state index in [0.29, 0.717) is 0 Å². The number of benzene rings is 3. The molecule has 3 aromatic carbocycles. The minimum atomic E-state index is 0. The minimum absolute atomic E-state index is 0. The van der Waals surface area contributed by atoms with E-state index >= 15 is 0 Å². The Morgan fingerprint density at radius 1 is 0.351 bits per heavy atom.